The SMILES string of the molecule is O=C(O)OCC1CO1. The van der Waals surface area contributed by atoms with E-state index in [1.54, 1.807) is 0 Å². The summed E-state index contributed by atoms with van der Waals surface area (Å²) in [6.45, 7) is 0.808. The van der Waals surface area contributed by atoms with Crippen molar-refractivity contribution < 1.29 is 19.4 Å². The molecule has 1 unspecified atom stereocenters. The standard InChI is InChI=1S/C4H6O4/c5-4(6)8-2-3-1-7-3/h3H,1-2H2,(H,5,6). The smallest absolute Gasteiger partial charge is 0.450 e. The van der Waals surface area contributed by atoms with Crippen LogP contribution in [0, 0.1) is 0 Å². The quantitative estimate of drug-likeness (QED) is 0.412. The van der Waals surface area contributed by atoms with Crippen LogP contribution in [0.3, 0.4) is 0 Å². The Balaban J connectivity index is 1.95. The molecule has 0 radical (unpaired) electrons. The highest BCUT2D eigenvalue weighted by molar-refractivity contribution is 5.56. The summed E-state index contributed by atoms with van der Waals surface area (Å²) < 4.78 is 8.83. The van der Waals surface area contributed by atoms with Gasteiger partial charge in [-0.05, 0) is 0 Å². The summed E-state index contributed by atoms with van der Waals surface area (Å²) in [6, 6.07) is 0. The Morgan fingerprint density at radius 2 is 2.62 bits per heavy atom. The Labute approximate surface area is 46.0 Å². The third-order valence-electron chi connectivity index (χ3n) is 0.795. The van der Waals surface area contributed by atoms with E-state index in [2.05, 4.69) is 9.47 Å². The van der Waals surface area contributed by atoms with Crippen molar-refractivity contribution in [3.05, 3.63) is 0 Å². The van der Waals surface area contributed by atoms with Gasteiger partial charge in [-0.25, -0.2) is 4.79 Å². The number of hydrogen-bond donors (Lipinski definition) is 1. The van der Waals surface area contributed by atoms with Crippen LogP contribution in [0.1, 0.15) is 0 Å². The minimum absolute atomic E-state index is 0.0334. The first-order chi connectivity index (χ1) is 3.79. The lowest BCUT2D eigenvalue weighted by Crippen LogP contribution is -2.06. The average Bonchev–Trinajstić information content (AvgIpc) is 2.41. The van der Waals surface area contributed by atoms with Gasteiger partial charge in [0, 0.05) is 0 Å². The molecule has 4 heteroatoms. The van der Waals surface area contributed by atoms with Gasteiger partial charge < -0.3 is 14.6 Å². The molecular weight excluding hydrogens is 112 g/mol. The lowest BCUT2D eigenvalue weighted by molar-refractivity contribution is 0.0848. The Morgan fingerprint density at radius 1 is 2.00 bits per heavy atom. The molecule has 1 atom stereocenters. The van der Waals surface area contributed by atoms with Crippen molar-refractivity contribution in [2.75, 3.05) is 13.2 Å². The first kappa shape index (κ1) is 5.37. The zero-order chi connectivity index (χ0) is 5.98. The van der Waals surface area contributed by atoms with Gasteiger partial charge in [0.2, 0.25) is 0 Å². The lowest BCUT2D eigenvalue weighted by atomic mass is 10.5. The molecule has 1 N–H and O–H groups in total. The number of epoxide rings is 1. The molecule has 1 rings (SSSR count). The van der Waals surface area contributed by atoms with Crippen LogP contribution < -0.4 is 0 Å². The predicted octanol–water partition coefficient (Wildman–Crippen LogP) is 0.0798. The van der Waals surface area contributed by atoms with E-state index in [0.29, 0.717) is 6.61 Å². The Bertz CT molecular complexity index is 96.2. The summed E-state index contributed by atoms with van der Waals surface area (Å²) in [5.41, 5.74) is 0. The molecule has 4 nitrogen and oxygen atoms in total. The second-order valence-corrected chi connectivity index (χ2v) is 1.53. The zero-order valence-corrected chi connectivity index (χ0v) is 4.16. The van der Waals surface area contributed by atoms with Crippen LogP contribution in [0.15, 0.2) is 0 Å². The van der Waals surface area contributed by atoms with Gasteiger partial charge in [0.15, 0.2) is 0 Å². The average molecular weight is 118 g/mol. The molecule has 46 valence electrons. The molecule has 0 spiro atoms. The third kappa shape index (κ3) is 1.79. The van der Waals surface area contributed by atoms with Crippen molar-refractivity contribution in [1.29, 1.82) is 0 Å². The highest BCUT2D eigenvalue weighted by atomic mass is 16.7. The molecule has 1 aliphatic rings. The molecule has 0 bridgehead atoms. The van der Waals surface area contributed by atoms with Gasteiger partial charge in [0.05, 0.1) is 6.61 Å². The van der Waals surface area contributed by atoms with Gasteiger partial charge in [0.1, 0.15) is 12.7 Å². The first-order valence-electron chi connectivity index (χ1n) is 2.26. The van der Waals surface area contributed by atoms with E-state index in [4.69, 9.17) is 5.11 Å². The van der Waals surface area contributed by atoms with E-state index in [9.17, 15) is 4.79 Å². The predicted molar refractivity (Wildman–Crippen MR) is 23.7 cm³/mol. The summed E-state index contributed by atoms with van der Waals surface area (Å²) in [6.07, 6.45) is -1.20. The van der Waals surface area contributed by atoms with Gasteiger partial charge in [-0.15, -0.1) is 0 Å². The fourth-order valence-corrected chi connectivity index (χ4v) is 0.329. The van der Waals surface area contributed by atoms with E-state index in [0.717, 1.165) is 0 Å². The molecule has 0 saturated carbocycles. The Hall–Kier alpha value is -0.770. The van der Waals surface area contributed by atoms with E-state index in [1.165, 1.54) is 0 Å². The summed E-state index contributed by atoms with van der Waals surface area (Å²) in [5.74, 6) is 0. The second kappa shape index (κ2) is 2.00. The van der Waals surface area contributed by atoms with Gasteiger partial charge in [-0.1, -0.05) is 0 Å². The maximum Gasteiger partial charge on any atom is 0.505 e. The number of rotatable bonds is 2. The fraction of sp³-hybridized carbons (Fsp3) is 0.750. The van der Waals surface area contributed by atoms with Gasteiger partial charge in [-0.3, -0.25) is 0 Å². The fourth-order valence-electron chi connectivity index (χ4n) is 0.329. The molecule has 1 heterocycles. The van der Waals surface area contributed by atoms with E-state index in [1.807, 2.05) is 0 Å². The highest BCUT2D eigenvalue weighted by Gasteiger charge is 2.23. The molecule has 0 aromatic heterocycles. The summed E-state index contributed by atoms with van der Waals surface area (Å²) in [4.78, 5) is 9.65. The molecule has 1 fully saturated rings. The number of hydrogen-bond acceptors (Lipinski definition) is 3. The maximum atomic E-state index is 9.65. The minimum Gasteiger partial charge on any atom is -0.450 e. The summed E-state index contributed by atoms with van der Waals surface area (Å²) >= 11 is 0. The minimum atomic E-state index is -1.24. The Kier molecular flexibility index (Phi) is 1.34. The molecule has 1 aliphatic heterocycles. The highest BCUT2D eigenvalue weighted by Crippen LogP contribution is 2.07. The lowest BCUT2D eigenvalue weighted by Gasteiger charge is -1.91. The molecule has 1 saturated heterocycles. The van der Waals surface area contributed by atoms with E-state index >= 15 is 0 Å². The van der Waals surface area contributed by atoms with E-state index in [-0.39, 0.29) is 12.7 Å². The number of carbonyl (C=O) groups is 1. The topological polar surface area (TPSA) is 59.1 Å². The van der Waals surface area contributed by atoms with Crippen LogP contribution in [-0.2, 0) is 9.47 Å². The number of ether oxygens (including phenoxy) is 2. The van der Waals surface area contributed by atoms with Crippen LogP contribution >= 0.6 is 0 Å². The third-order valence-corrected chi connectivity index (χ3v) is 0.795. The maximum absolute atomic E-state index is 9.65. The van der Waals surface area contributed by atoms with Gasteiger partial charge in [0.25, 0.3) is 0 Å². The van der Waals surface area contributed by atoms with Crippen LogP contribution in [-0.4, -0.2) is 30.6 Å². The van der Waals surface area contributed by atoms with Crippen molar-refractivity contribution in [2.45, 2.75) is 6.10 Å². The van der Waals surface area contributed by atoms with Crippen LogP contribution in [0.2, 0.25) is 0 Å². The van der Waals surface area contributed by atoms with Crippen LogP contribution in [0.5, 0.6) is 0 Å². The van der Waals surface area contributed by atoms with Crippen molar-refractivity contribution in [1.82, 2.24) is 0 Å². The zero-order valence-electron chi connectivity index (χ0n) is 4.16. The van der Waals surface area contributed by atoms with Gasteiger partial charge in [-0.2, -0.15) is 0 Å². The molecular formula is C4H6O4. The normalized spacial score (nSPS) is 24.8. The molecule has 0 aromatic carbocycles. The van der Waals surface area contributed by atoms with Crippen molar-refractivity contribution in [3.63, 3.8) is 0 Å². The Morgan fingerprint density at radius 3 is 3.00 bits per heavy atom. The van der Waals surface area contributed by atoms with Crippen molar-refractivity contribution in [2.24, 2.45) is 0 Å². The molecule has 8 heavy (non-hydrogen) atoms. The largest absolute Gasteiger partial charge is 0.505 e. The second-order valence-electron chi connectivity index (χ2n) is 1.53. The molecule has 0 aromatic rings. The molecule has 0 amide bonds. The monoisotopic (exact) mass is 118 g/mol. The summed E-state index contributed by atoms with van der Waals surface area (Å²) in [7, 11) is 0. The van der Waals surface area contributed by atoms with Crippen molar-refractivity contribution >= 4 is 6.16 Å². The van der Waals surface area contributed by atoms with E-state index < -0.39 is 6.16 Å². The number of carboxylic acid groups (broad SMARTS) is 1. The van der Waals surface area contributed by atoms with Crippen LogP contribution in [0.25, 0.3) is 0 Å². The molecule has 0 aliphatic carbocycles. The van der Waals surface area contributed by atoms with Gasteiger partial charge >= 0.3 is 6.16 Å². The van der Waals surface area contributed by atoms with Crippen LogP contribution in [0.4, 0.5) is 4.79 Å². The van der Waals surface area contributed by atoms with Crippen molar-refractivity contribution in [3.8, 4) is 0 Å². The summed E-state index contributed by atoms with van der Waals surface area (Å²) in [5, 5.41) is 7.91. The first-order valence-corrected chi connectivity index (χ1v) is 2.26.